The number of benzene rings is 1. The smallest absolute Gasteiger partial charge is 0.280 e. The quantitative estimate of drug-likeness (QED) is 0.447. The van der Waals surface area contributed by atoms with Gasteiger partial charge in [0, 0.05) is 30.5 Å². The Kier molecular flexibility index (Phi) is 5.63. The van der Waals surface area contributed by atoms with Crippen molar-refractivity contribution >= 4 is 34.3 Å². The van der Waals surface area contributed by atoms with Crippen LogP contribution in [-0.4, -0.2) is 43.4 Å². The number of ether oxygens (including phenoxy) is 2. The fourth-order valence-electron chi connectivity index (χ4n) is 3.34. The van der Waals surface area contributed by atoms with Crippen molar-refractivity contribution < 1.29 is 14.3 Å². The molecular weight excluding hydrogens is 444 g/mol. The van der Waals surface area contributed by atoms with Crippen molar-refractivity contribution in [1.29, 1.82) is 0 Å². The Morgan fingerprint density at radius 1 is 1.21 bits per heavy atom. The van der Waals surface area contributed by atoms with Gasteiger partial charge in [-0.3, -0.25) is 15.0 Å². The summed E-state index contributed by atoms with van der Waals surface area (Å²) in [5.41, 5.74) is 3.83. The number of rotatable bonds is 5. The van der Waals surface area contributed by atoms with E-state index in [0.717, 1.165) is 28.2 Å². The molecule has 5 rings (SSSR count). The van der Waals surface area contributed by atoms with Crippen LogP contribution >= 0.6 is 11.8 Å². The summed E-state index contributed by atoms with van der Waals surface area (Å²) in [6.07, 6.45) is 3.83. The second-order valence-corrected chi connectivity index (χ2v) is 8.85. The first-order valence-electron chi connectivity index (χ1n) is 10.6. The standard InChI is InChI=1S/C22H22N6O4S/c1-13(2)19(29)25-27-7-6-16-15(20(27)30)11-23-21-24-22(26-28(16)21)33-12-14-4-5-17-18(10-14)32-9-3-8-31-17/h4-7,10-11,13H,3,8-9,12H2,1-2H3,(H,25,29). The van der Waals surface area contributed by atoms with Crippen molar-refractivity contribution in [3.05, 3.63) is 52.6 Å². The van der Waals surface area contributed by atoms with Gasteiger partial charge in [-0.2, -0.15) is 9.50 Å². The Hall–Kier alpha value is -3.60. The number of nitrogens with zero attached hydrogens (tertiary/aromatic N) is 5. The van der Waals surface area contributed by atoms with Gasteiger partial charge in [-0.1, -0.05) is 31.7 Å². The van der Waals surface area contributed by atoms with Crippen molar-refractivity contribution in [2.45, 2.75) is 31.2 Å². The molecule has 1 aliphatic heterocycles. The van der Waals surface area contributed by atoms with Gasteiger partial charge in [-0.05, 0) is 23.8 Å². The third kappa shape index (κ3) is 4.23. The fourth-order valence-corrected chi connectivity index (χ4v) is 4.10. The molecule has 0 fully saturated rings. The number of aromatic nitrogens is 5. The second kappa shape index (κ2) is 8.74. The average Bonchev–Trinajstić information content (AvgIpc) is 3.09. The normalized spacial score (nSPS) is 13.4. The lowest BCUT2D eigenvalue weighted by Gasteiger charge is -2.10. The Morgan fingerprint density at radius 3 is 2.85 bits per heavy atom. The van der Waals surface area contributed by atoms with Crippen molar-refractivity contribution in [1.82, 2.24) is 24.3 Å². The third-order valence-corrected chi connectivity index (χ3v) is 6.06. The van der Waals surface area contributed by atoms with Crippen LogP contribution in [0.1, 0.15) is 25.8 Å². The van der Waals surface area contributed by atoms with Crippen LogP contribution in [0.5, 0.6) is 11.5 Å². The molecule has 10 nitrogen and oxygen atoms in total. The Labute approximate surface area is 192 Å². The molecule has 3 aromatic heterocycles. The van der Waals surface area contributed by atoms with Gasteiger partial charge in [0.05, 0.1) is 24.1 Å². The SMILES string of the molecule is CC(C)C(=O)Nn1ccc2c(cnc3nc(SCc4ccc5c(c4)OCCCO5)nn32)c1=O. The number of carbonyl (C=O) groups excluding carboxylic acids is 1. The van der Waals surface area contributed by atoms with Gasteiger partial charge in [0.1, 0.15) is 0 Å². The van der Waals surface area contributed by atoms with E-state index >= 15 is 0 Å². The largest absolute Gasteiger partial charge is 0.490 e. The molecule has 1 aliphatic rings. The predicted molar refractivity (Wildman–Crippen MR) is 123 cm³/mol. The lowest BCUT2D eigenvalue weighted by molar-refractivity contribution is -0.119. The molecule has 0 bridgehead atoms. The maximum atomic E-state index is 12.8. The van der Waals surface area contributed by atoms with Gasteiger partial charge in [0.2, 0.25) is 11.1 Å². The van der Waals surface area contributed by atoms with Crippen LogP contribution in [0, 0.1) is 5.92 Å². The van der Waals surface area contributed by atoms with E-state index in [4.69, 9.17) is 9.47 Å². The second-order valence-electron chi connectivity index (χ2n) is 7.91. The maximum absolute atomic E-state index is 12.8. The molecule has 1 amide bonds. The van der Waals surface area contributed by atoms with Gasteiger partial charge >= 0.3 is 0 Å². The summed E-state index contributed by atoms with van der Waals surface area (Å²) in [7, 11) is 0. The van der Waals surface area contributed by atoms with Gasteiger partial charge < -0.3 is 9.47 Å². The molecule has 11 heteroatoms. The van der Waals surface area contributed by atoms with Gasteiger partial charge in [-0.25, -0.2) is 9.66 Å². The van der Waals surface area contributed by atoms with Crippen molar-refractivity contribution in [2.24, 2.45) is 5.92 Å². The zero-order valence-electron chi connectivity index (χ0n) is 18.1. The van der Waals surface area contributed by atoms with E-state index in [1.165, 1.54) is 24.2 Å². The van der Waals surface area contributed by atoms with E-state index in [-0.39, 0.29) is 17.4 Å². The molecule has 1 N–H and O–H groups in total. The van der Waals surface area contributed by atoms with E-state index in [1.54, 1.807) is 24.4 Å². The molecule has 0 unspecified atom stereocenters. The third-order valence-electron chi connectivity index (χ3n) is 5.15. The molecule has 0 saturated carbocycles. The van der Waals surface area contributed by atoms with Crippen LogP contribution in [0.3, 0.4) is 0 Å². The molecule has 4 aromatic rings. The number of hydrogen-bond acceptors (Lipinski definition) is 8. The number of pyridine rings is 1. The lowest BCUT2D eigenvalue weighted by atomic mass is 10.2. The molecule has 4 heterocycles. The summed E-state index contributed by atoms with van der Waals surface area (Å²) >= 11 is 1.46. The molecule has 170 valence electrons. The van der Waals surface area contributed by atoms with Gasteiger partial charge in [-0.15, -0.1) is 5.10 Å². The highest BCUT2D eigenvalue weighted by Gasteiger charge is 2.15. The van der Waals surface area contributed by atoms with Gasteiger partial charge in [0.15, 0.2) is 11.5 Å². The highest BCUT2D eigenvalue weighted by Crippen LogP contribution is 2.32. The number of amides is 1. The summed E-state index contributed by atoms with van der Waals surface area (Å²) in [5, 5.41) is 5.41. The number of fused-ring (bicyclic) bond motifs is 4. The summed E-state index contributed by atoms with van der Waals surface area (Å²) in [5.74, 6) is 2.05. The number of thioether (sulfide) groups is 1. The molecule has 0 spiro atoms. The molecular formula is C22H22N6O4S. The van der Waals surface area contributed by atoms with Crippen LogP contribution < -0.4 is 20.5 Å². The van der Waals surface area contributed by atoms with Crippen LogP contribution in [0.15, 0.2) is 46.6 Å². The van der Waals surface area contributed by atoms with Crippen LogP contribution in [0.2, 0.25) is 0 Å². The summed E-state index contributed by atoms with van der Waals surface area (Å²) in [6.45, 7) is 4.81. The minimum atomic E-state index is -0.382. The topological polar surface area (TPSA) is 113 Å². The highest BCUT2D eigenvalue weighted by molar-refractivity contribution is 7.98. The molecule has 0 saturated heterocycles. The molecule has 1 aromatic carbocycles. The van der Waals surface area contributed by atoms with E-state index in [2.05, 4.69) is 20.5 Å². The molecule has 0 atom stereocenters. The number of carbonyl (C=O) groups is 1. The van der Waals surface area contributed by atoms with E-state index in [1.807, 2.05) is 18.2 Å². The number of nitrogens with one attached hydrogen (secondary N) is 1. The lowest BCUT2D eigenvalue weighted by Crippen LogP contribution is -2.35. The fraction of sp³-hybridized carbons (Fsp3) is 0.318. The first-order valence-corrected chi connectivity index (χ1v) is 11.6. The first kappa shape index (κ1) is 21.3. The van der Waals surface area contributed by atoms with Crippen molar-refractivity contribution in [2.75, 3.05) is 18.6 Å². The Morgan fingerprint density at radius 2 is 2.03 bits per heavy atom. The van der Waals surface area contributed by atoms with E-state index in [0.29, 0.717) is 40.8 Å². The molecule has 0 aliphatic carbocycles. The number of hydrogen-bond donors (Lipinski definition) is 1. The molecule has 33 heavy (non-hydrogen) atoms. The summed E-state index contributed by atoms with van der Waals surface area (Å²) < 4.78 is 14.1. The van der Waals surface area contributed by atoms with E-state index < -0.39 is 0 Å². The van der Waals surface area contributed by atoms with Crippen LogP contribution in [0.4, 0.5) is 0 Å². The van der Waals surface area contributed by atoms with Crippen LogP contribution in [-0.2, 0) is 10.5 Å². The first-order chi connectivity index (χ1) is 16.0. The zero-order chi connectivity index (χ0) is 22.9. The predicted octanol–water partition coefficient (Wildman–Crippen LogP) is 2.62. The minimum absolute atomic E-state index is 0.248. The summed E-state index contributed by atoms with van der Waals surface area (Å²) in [4.78, 5) is 33.5. The Bertz CT molecular complexity index is 1410. The van der Waals surface area contributed by atoms with Crippen molar-refractivity contribution in [3.8, 4) is 11.5 Å². The Balaban J connectivity index is 1.40. The minimum Gasteiger partial charge on any atom is -0.490 e. The maximum Gasteiger partial charge on any atom is 0.280 e. The van der Waals surface area contributed by atoms with Crippen LogP contribution in [0.25, 0.3) is 16.7 Å². The zero-order valence-corrected chi connectivity index (χ0v) is 19.0. The van der Waals surface area contributed by atoms with E-state index in [9.17, 15) is 9.59 Å². The monoisotopic (exact) mass is 466 g/mol. The van der Waals surface area contributed by atoms with Gasteiger partial charge in [0.25, 0.3) is 11.3 Å². The summed E-state index contributed by atoms with van der Waals surface area (Å²) in [6, 6.07) is 7.60. The molecule has 0 radical (unpaired) electrons. The van der Waals surface area contributed by atoms with Crippen molar-refractivity contribution in [3.63, 3.8) is 0 Å². The average molecular weight is 467 g/mol. The highest BCUT2D eigenvalue weighted by atomic mass is 32.2.